The van der Waals surface area contributed by atoms with Crippen LogP contribution in [-0.2, 0) is 9.59 Å². The third-order valence-corrected chi connectivity index (χ3v) is 6.94. The first-order valence-corrected chi connectivity index (χ1v) is 12.6. The van der Waals surface area contributed by atoms with E-state index in [1.54, 1.807) is 11.8 Å². The van der Waals surface area contributed by atoms with Crippen LogP contribution in [0.5, 0.6) is 5.75 Å². The number of hydrogen-bond donors (Lipinski definition) is 1. The van der Waals surface area contributed by atoms with E-state index in [-0.39, 0.29) is 23.7 Å². The maximum Gasteiger partial charge on any atom is 0.224 e. The number of nitrogens with zero attached hydrogens (tertiary/aromatic N) is 1. The van der Waals surface area contributed by atoms with Gasteiger partial charge in [-0.05, 0) is 68.5 Å². The van der Waals surface area contributed by atoms with E-state index in [1.165, 1.54) is 5.56 Å². The molecule has 1 amide bonds. The van der Waals surface area contributed by atoms with Crippen LogP contribution in [0.25, 0.3) is 0 Å². The van der Waals surface area contributed by atoms with Gasteiger partial charge in [0.2, 0.25) is 5.91 Å². The predicted molar refractivity (Wildman–Crippen MR) is 143 cm³/mol. The van der Waals surface area contributed by atoms with E-state index in [1.807, 2.05) is 62.4 Å². The predicted octanol–water partition coefficient (Wildman–Crippen LogP) is 6.70. The molecule has 0 spiro atoms. The van der Waals surface area contributed by atoms with E-state index in [0.29, 0.717) is 18.4 Å². The summed E-state index contributed by atoms with van der Waals surface area (Å²) >= 11 is 0. The van der Waals surface area contributed by atoms with Crippen LogP contribution in [0.4, 0.5) is 11.4 Å². The summed E-state index contributed by atoms with van der Waals surface area (Å²) in [4.78, 5) is 28.8. The number of rotatable bonds is 4. The fraction of sp³-hybridized carbons (Fsp3) is 0.290. The summed E-state index contributed by atoms with van der Waals surface area (Å²) in [5.41, 5.74) is 6.41. The highest BCUT2D eigenvalue weighted by Gasteiger charge is 2.40. The van der Waals surface area contributed by atoms with Gasteiger partial charge in [0.15, 0.2) is 5.78 Å². The number of ketones is 1. The zero-order valence-corrected chi connectivity index (χ0v) is 21.2. The molecule has 36 heavy (non-hydrogen) atoms. The van der Waals surface area contributed by atoms with Crippen LogP contribution < -0.4 is 15.0 Å². The number of carbonyl (C=O) groups excluding carboxylic acids is 2. The maximum atomic E-state index is 13.9. The SMILES string of the molecule is CC(=O)N1c2ccccc2NC2=C(C(=O)CC(c3ccc(C)cc3)C2)C1c1ccc(OC(C)C)cc1. The maximum absolute atomic E-state index is 13.9. The Morgan fingerprint density at radius 2 is 1.61 bits per heavy atom. The van der Waals surface area contributed by atoms with Crippen LogP contribution in [0, 0.1) is 6.92 Å². The van der Waals surface area contributed by atoms with Gasteiger partial charge in [-0.15, -0.1) is 0 Å². The second kappa shape index (κ2) is 9.65. The normalized spacial score (nSPS) is 19.4. The van der Waals surface area contributed by atoms with E-state index in [2.05, 4.69) is 36.5 Å². The molecule has 0 saturated heterocycles. The minimum atomic E-state index is -0.520. The molecule has 3 aromatic rings. The number of hydrogen-bond acceptors (Lipinski definition) is 4. The number of benzene rings is 3. The number of anilines is 2. The molecule has 5 heteroatoms. The zero-order valence-electron chi connectivity index (χ0n) is 21.2. The molecule has 1 aliphatic carbocycles. The van der Waals surface area contributed by atoms with E-state index in [0.717, 1.165) is 33.9 Å². The van der Waals surface area contributed by atoms with Crippen molar-refractivity contribution in [2.75, 3.05) is 10.2 Å². The third kappa shape index (κ3) is 4.53. The number of para-hydroxylation sites is 2. The van der Waals surface area contributed by atoms with Crippen LogP contribution in [0.2, 0.25) is 0 Å². The first kappa shape index (κ1) is 23.9. The molecular formula is C31H32N2O3. The van der Waals surface area contributed by atoms with Gasteiger partial charge in [-0.3, -0.25) is 14.5 Å². The molecule has 5 nitrogen and oxygen atoms in total. The van der Waals surface area contributed by atoms with Gasteiger partial charge in [0.05, 0.1) is 23.5 Å². The summed E-state index contributed by atoms with van der Waals surface area (Å²) in [6, 6.07) is 23.5. The van der Waals surface area contributed by atoms with Crippen LogP contribution in [-0.4, -0.2) is 17.8 Å². The van der Waals surface area contributed by atoms with Gasteiger partial charge >= 0.3 is 0 Å². The van der Waals surface area contributed by atoms with Crippen molar-refractivity contribution in [1.29, 1.82) is 0 Å². The smallest absolute Gasteiger partial charge is 0.224 e. The lowest BCUT2D eigenvalue weighted by Gasteiger charge is -2.34. The molecule has 0 radical (unpaired) electrons. The average molecular weight is 481 g/mol. The average Bonchev–Trinajstić information content (AvgIpc) is 2.99. The number of ether oxygens (including phenoxy) is 1. The van der Waals surface area contributed by atoms with Crippen LogP contribution in [0.3, 0.4) is 0 Å². The molecule has 5 rings (SSSR count). The Hall–Kier alpha value is -3.86. The molecule has 184 valence electrons. The van der Waals surface area contributed by atoms with Crippen LogP contribution in [0.15, 0.2) is 84.1 Å². The molecule has 1 N–H and O–H groups in total. The van der Waals surface area contributed by atoms with E-state index >= 15 is 0 Å². The van der Waals surface area contributed by atoms with Crippen molar-refractivity contribution < 1.29 is 14.3 Å². The van der Waals surface area contributed by atoms with Crippen LogP contribution in [0.1, 0.15) is 62.3 Å². The second-order valence-electron chi connectivity index (χ2n) is 10.0. The molecule has 2 atom stereocenters. The van der Waals surface area contributed by atoms with Crippen LogP contribution >= 0.6 is 0 Å². The summed E-state index contributed by atoms with van der Waals surface area (Å²) < 4.78 is 5.84. The quantitative estimate of drug-likeness (QED) is 0.451. The van der Waals surface area contributed by atoms with Gasteiger partial charge in [-0.2, -0.15) is 0 Å². The summed E-state index contributed by atoms with van der Waals surface area (Å²) in [5, 5.41) is 3.57. The Morgan fingerprint density at radius 1 is 0.944 bits per heavy atom. The largest absolute Gasteiger partial charge is 0.491 e. The molecule has 3 aromatic carbocycles. The Morgan fingerprint density at radius 3 is 2.28 bits per heavy atom. The highest BCUT2D eigenvalue weighted by molar-refractivity contribution is 6.06. The fourth-order valence-electron chi connectivity index (χ4n) is 5.33. The van der Waals surface area contributed by atoms with Crippen molar-refractivity contribution in [3.63, 3.8) is 0 Å². The number of amides is 1. The Kier molecular flexibility index (Phi) is 6.40. The minimum Gasteiger partial charge on any atom is -0.491 e. The van der Waals surface area contributed by atoms with E-state index in [9.17, 15) is 9.59 Å². The molecule has 0 fully saturated rings. The molecule has 0 aromatic heterocycles. The number of fused-ring (bicyclic) bond motifs is 1. The van der Waals surface area contributed by atoms with Gasteiger partial charge in [0.1, 0.15) is 5.75 Å². The molecular weight excluding hydrogens is 448 g/mol. The van der Waals surface area contributed by atoms with Gasteiger partial charge in [0.25, 0.3) is 0 Å². The highest BCUT2D eigenvalue weighted by Crippen LogP contribution is 2.47. The zero-order chi connectivity index (χ0) is 25.4. The Bertz CT molecular complexity index is 1320. The van der Waals surface area contributed by atoms with Crippen molar-refractivity contribution in [2.45, 2.75) is 58.6 Å². The lowest BCUT2D eigenvalue weighted by molar-refractivity contribution is -0.117. The van der Waals surface area contributed by atoms with E-state index < -0.39 is 6.04 Å². The number of allylic oxidation sites excluding steroid dienone is 1. The van der Waals surface area contributed by atoms with Crippen molar-refractivity contribution >= 4 is 23.1 Å². The van der Waals surface area contributed by atoms with Crippen molar-refractivity contribution in [3.05, 3.63) is 101 Å². The summed E-state index contributed by atoms with van der Waals surface area (Å²) in [6.07, 6.45) is 1.18. The number of aryl methyl sites for hydroxylation is 1. The topological polar surface area (TPSA) is 58.6 Å². The van der Waals surface area contributed by atoms with Crippen molar-refractivity contribution in [3.8, 4) is 5.75 Å². The molecule has 1 heterocycles. The molecule has 2 unspecified atom stereocenters. The summed E-state index contributed by atoms with van der Waals surface area (Å²) in [5.74, 6) is 0.807. The second-order valence-corrected chi connectivity index (χ2v) is 10.0. The lowest BCUT2D eigenvalue weighted by Crippen LogP contribution is -2.37. The van der Waals surface area contributed by atoms with Gasteiger partial charge in [-0.25, -0.2) is 0 Å². The Labute approximate surface area is 212 Å². The standard InChI is InChI=1S/C31H32N2O3/c1-19(2)36-25-15-13-23(14-16-25)31-30-27(32-26-7-5-6-8-28(26)33(31)21(4)34)17-24(18-29(30)35)22-11-9-20(3)10-12-22/h5-16,19,24,31-32H,17-18H2,1-4H3. The molecule has 2 aliphatic rings. The minimum absolute atomic E-state index is 0.0615. The third-order valence-electron chi connectivity index (χ3n) is 6.94. The fourth-order valence-corrected chi connectivity index (χ4v) is 5.33. The highest BCUT2D eigenvalue weighted by atomic mass is 16.5. The monoisotopic (exact) mass is 480 g/mol. The van der Waals surface area contributed by atoms with Gasteiger partial charge in [-0.1, -0.05) is 54.1 Å². The number of nitrogens with one attached hydrogen (secondary N) is 1. The molecule has 1 aliphatic heterocycles. The lowest BCUT2D eigenvalue weighted by atomic mass is 9.78. The first-order chi connectivity index (χ1) is 17.3. The number of carbonyl (C=O) groups is 2. The summed E-state index contributed by atoms with van der Waals surface area (Å²) in [7, 11) is 0. The van der Waals surface area contributed by atoms with Gasteiger partial charge in [0, 0.05) is 24.6 Å². The number of Topliss-reactive ketones (excluding diaryl/α,β-unsaturated/α-hetero) is 1. The van der Waals surface area contributed by atoms with Crippen molar-refractivity contribution in [1.82, 2.24) is 0 Å². The molecule has 0 saturated carbocycles. The molecule has 0 bridgehead atoms. The summed E-state index contributed by atoms with van der Waals surface area (Å²) in [6.45, 7) is 7.61. The Balaban J connectivity index is 1.64. The van der Waals surface area contributed by atoms with E-state index in [4.69, 9.17) is 4.74 Å². The van der Waals surface area contributed by atoms with Gasteiger partial charge < -0.3 is 10.1 Å². The van der Waals surface area contributed by atoms with Crippen molar-refractivity contribution in [2.24, 2.45) is 0 Å². The first-order valence-electron chi connectivity index (χ1n) is 12.6.